The summed E-state index contributed by atoms with van der Waals surface area (Å²) < 4.78 is 0. The maximum Gasteiger partial charge on any atom is 0.0140 e. The lowest BCUT2D eigenvalue weighted by molar-refractivity contribution is 0.243. The summed E-state index contributed by atoms with van der Waals surface area (Å²) in [5.74, 6) is 0.782. The van der Waals surface area contributed by atoms with Crippen molar-refractivity contribution in [2.75, 3.05) is 0 Å². The Labute approximate surface area is 138 Å². The van der Waals surface area contributed by atoms with Crippen LogP contribution in [0.15, 0.2) is 23.8 Å². The van der Waals surface area contributed by atoms with Gasteiger partial charge in [0, 0.05) is 8.41 Å². The van der Waals surface area contributed by atoms with Crippen LogP contribution < -0.4 is 0 Å². The molecular weight excluding hydrogens is 280 g/mol. The van der Waals surface area contributed by atoms with Crippen LogP contribution in [0.25, 0.3) is 6.08 Å². The van der Waals surface area contributed by atoms with Gasteiger partial charge in [0.05, 0.1) is 0 Å². The Morgan fingerprint density at radius 2 is 1.82 bits per heavy atom. The number of allylic oxidation sites excluding steroid dienone is 1. The quantitative estimate of drug-likeness (QED) is 0.601. The van der Waals surface area contributed by atoms with E-state index in [-0.39, 0.29) is 0 Å². The van der Waals surface area contributed by atoms with Crippen LogP contribution in [0.3, 0.4) is 0 Å². The largest absolute Gasteiger partial charge is 0.0620 e. The van der Waals surface area contributed by atoms with Crippen LogP contribution in [-0.2, 0) is 6.42 Å². The standard InChI is InChI=1S/C21H32Si/c1-15-14-18-13-9-12-17(19(18)20(15)22(6)7)11-8-10-16(2)21(3,4)5/h9,12-14,16H,8,10-11H2,1-7H3. The Kier molecular flexibility index (Phi) is 5.27. The zero-order valence-corrected chi connectivity index (χ0v) is 16.5. The molecule has 0 bridgehead atoms. The Morgan fingerprint density at radius 1 is 1.14 bits per heavy atom. The van der Waals surface area contributed by atoms with Crippen LogP contribution in [0.4, 0.5) is 0 Å². The second kappa shape index (κ2) is 6.66. The molecule has 1 aliphatic carbocycles. The molecule has 1 unspecified atom stereocenters. The van der Waals surface area contributed by atoms with E-state index in [0.29, 0.717) is 5.41 Å². The SMILES string of the molecule is CC1=Cc2cccc(CCCC(C)C(C)(C)C)c2C1=[Si](C)C. The van der Waals surface area contributed by atoms with E-state index in [9.17, 15) is 0 Å². The van der Waals surface area contributed by atoms with Gasteiger partial charge in [-0.2, -0.15) is 0 Å². The van der Waals surface area contributed by atoms with Gasteiger partial charge in [0.15, 0.2) is 0 Å². The fraction of sp³-hybridized carbons (Fsp3) is 0.571. The molecule has 1 aromatic rings. The number of rotatable bonds is 4. The first-order chi connectivity index (χ1) is 10.2. The van der Waals surface area contributed by atoms with Crippen LogP contribution in [-0.4, -0.2) is 13.6 Å². The molecule has 22 heavy (non-hydrogen) atoms. The molecule has 0 aliphatic heterocycles. The van der Waals surface area contributed by atoms with Gasteiger partial charge in [0.25, 0.3) is 0 Å². The summed E-state index contributed by atoms with van der Waals surface area (Å²) >= 11 is 0. The zero-order chi connectivity index (χ0) is 16.5. The highest BCUT2D eigenvalue weighted by atomic mass is 28.2. The maximum atomic E-state index is 2.42. The fourth-order valence-corrected chi connectivity index (χ4v) is 5.10. The van der Waals surface area contributed by atoms with Gasteiger partial charge < -0.3 is 0 Å². The summed E-state index contributed by atoms with van der Waals surface area (Å²) in [5, 5.41) is 1.67. The van der Waals surface area contributed by atoms with Crippen molar-refractivity contribution in [3.05, 3.63) is 40.5 Å². The van der Waals surface area contributed by atoms with E-state index in [0.717, 1.165) is 5.92 Å². The van der Waals surface area contributed by atoms with Crippen molar-refractivity contribution in [2.45, 2.75) is 67.0 Å². The molecule has 0 aromatic heterocycles. The number of benzene rings is 1. The molecule has 1 atom stereocenters. The molecule has 0 fully saturated rings. The minimum atomic E-state index is -0.410. The zero-order valence-electron chi connectivity index (χ0n) is 15.5. The Morgan fingerprint density at radius 3 is 2.41 bits per heavy atom. The third kappa shape index (κ3) is 3.68. The molecule has 120 valence electrons. The highest BCUT2D eigenvalue weighted by Crippen LogP contribution is 2.32. The van der Waals surface area contributed by atoms with E-state index in [2.05, 4.69) is 72.0 Å². The van der Waals surface area contributed by atoms with Gasteiger partial charge in [0.2, 0.25) is 0 Å². The van der Waals surface area contributed by atoms with Gasteiger partial charge in [-0.05, 0) is 65.0 Å². The van der Waals surface area contributed by atoms with Crippen molar-refractivity contribution in [1.82, 2.24) is 0 Å². The van der Waals surface area contributed by atoms with Crippen molar-refractivity contribution in [1.29, 1.82) is 0 Å². The van der Waals surface area contributed by atoms with E-state index in [4.69, 9.17) is 0 Å². The van der Waals surface area contributed by atoms with E-state index < -0.39 is 8.41 Å². The molecule has 0 amide bonds. The Hall–Kier alpha value is -0.953. The molecule has 0 saturated carbocycles. The summed E-state index contributed by atoms with van der Waals surface area (Å²) in [6, 6.07) is 6.89. The van der Waals surface area contributed by atoms with Gasteiger partial charge >= 0.3 is 0 Å². The number of fused-ring (bicyclic) bond motifs is 1. The van der Waals surface area contributed by atoms with Crippen LogP contribution in [0.2, 0.25) is 13.1 Å². The van der Waals surface area contributed by atoms with Gasteiger partial charge in [-0.3, -0.25) is 0 Å². The monoisotopic (exact) mass is 312 g/mol. The molecule has 0 spiro atoms. The summed E-state index contributed by atoms with van der Waals surface area (Å²) in [6.45, 7) is 16.6. The van der Waals surface area contributed by atoms with E-state index in [1.165, 1.54) is 30.4 Å². The molecule has 1 aromatic carbocycles. The predicted molar refractivity (Wildman–Crippen MR) is 103 cm³/mol. The topological polar surface area (TPSA) is 0 Å². The number of aryl methyl sites for hydroxylation is 1. The maximum absolute atomic E-state index is 2.42. The van der Waals surface area contributed by atoms with Gasteiger partial charge in [0.1, 0.15) is 0 Å². The van der Waals surface area contributed by atoms with Crippen molar-refractivity contribution >= 4 is 19.7 Å². The molecule has 0 heterocycles. The minimum absolute atomic E-state index is 0.410. The summed E-state index contributed by atoms with van der Waals surface area (Å²) in [5.41, 5.74) is 6.55. The van der Waals surface area contributed by atoms with Crippen molar-refractivity contribution in [3.8, 4) is 0 Å². The average molecular weight is 313 g/mol. The molecule has 0 saturated heterocycles. The Balaban J connectivity index is 2.17. The van der Waals surface area contributed by atoms with Crippen molar-refractivity contribution < 1.29 is 0 Å². The highest BCUT2D eigenvalue weighted by molar-refractivity contribution is 6.75. The van der Waals surface area contributed by atoms with Crippen LogP contribution in [0.1, 0.15) is 64.2 Å². The van der Waals surface area contributed by atoms with Crippen LogP contribution in [0, 0.1) is 11.3 Å². The van der Waals surface area contributed by atoms with Crippen LogP contribution in [0.5, 0.6) is 0 Å². The average Bonchev–Trinajstić information content (AvgIpc) is 2.74. The van der Waals surface area contributed by atoms with Crippen molar-refractivity contribution in [3.63, 3.8) is 0 Å². The minimum Gasteiger partial charge on any atom is -0.0620 e. The van der Waals surface area contributed by atoms with Gasteiger partial charge in [-0.15, -0.1) is 0 Å². The molecule has 1 heteroatoms. The molecule has 0 radical (unpaired) electrons. The first-order valence-electron chi connectivity index (χ1n) is 8.70. The van der Waals surface area contributed by atoms with Crippen molar-refractivity contribution in [2.24, 2.45) is 11.3 Å². The number of hydrogen-bond acceptors (Lipinski definition) is 0. The third-order valence-electron chi connectivity index (χ3n) is 5.26. The van der Waals surface area contributed by atoms with E-state index >= 15 is 0 Å². The molecule has 0 N–H and O–H groups in total. The highest BCUT2D eigenvalue weighted by Gasteiger charge is 2.22. The number of hydrogen-bond donors (Lipinski definition) is 0. The molecule has 2 rings (SSSR count). The van der Waals surface area contributed by atoms with Gasteiger partial charge in [-0.25, -0.2) is 0 Å². The molecule has 0 nitrogen and oxygen atoms in total. The fourth-order valence-electron chi connectivity index (χ4n) is 3.43. The summed E-state index contributed by atoms with van der Waals surface area (Å²) in [4.78, 5) is 0. The van der Waals surface area contributed by atoms with Gasteiger partial charge in [-0.1, -0.05) is 65.1 Å². The second-order valence-electron chi connectivity index (χ2n) is 8.24. The normalized spacial score (nSPS) is 15.6. The predicted octanol–water partition coefficient (Wildman–Crippen LogP) is 5.97. The summed E-state index contributed by atoms with van der Waals surface area (Å²) in [7, 11) is -0.410. The first-order valence-corrected chi connectivity index (χ1v) is 11.2. The smallest absolute Gasteiger partial charge is 0.0140 e. The Bertz CT molecular complexity index is 607. The lowest BCUT2D eigenvalue weighted by Crippen LogP contribution is -2.17. The lowest BCUT2D eigenvalue weighted by atomic mass is 9.79. The molecular formula is C21H32Si. The van der Waals surface area contributed by atoms with Crippen LogP contribution >= 0.6 is 0 Å². The third-order valence-corrected chi connectivity index (χ3v) is 6.91. The van der Waals surface area contributed by atoms with E-state index in [1.807, 2.05) is 0 Å². The lowest BCUT2D eigenvalue weighted by Gasteiger charge is -2.27. The second-order valence-corrected chi connectivity index (χ2v) is 10.7. The summed E-state index contributed by atoms with van der Waals surface area (Å²) in [6.07, 6.45) is 6.24. The molecule has 1 aliphatic rings. The van der Waals surface area contributed by atoms with E-state index in [1.54, 1.807) is 16.3 Å². The first kappa shape index (κ1) is 17.4.